The van der Waals surface area contributed by atoms with E-state index in [4.69, 9.17) is 13.3 Å². The van der Waals surface area contributed by atoms with Crippen LogP contribution in [-0.4, -0.2) is 0 Å². The molecular formula is C48H29NO3. The fraction of sp³-hybridized carbons (Fsp3) is 0. The van der Waals surface area contributed by atoms with Gasteiger partial charge in [-0.3, -0.25) is 0 Å². The van der Waals surface area contributed by atoms with Crippen molar-refractivity contribution in [1.82, 2.24) is 0 Å². The maximum absolute atomic E-state index is 6.94. The predicted molar refractivity (Wildman–Crippen MR) is 214 cm³/mol. The monoisotopic (exact) mass is 667 g/mol. The minimum absolute atomic E-state index is 0.813. The van der Waals surface area contributed by atoms with Crippen molar-refractivity contribution in [2.24, 2.45) is 0 Å². The number of anilines is 3. The van der Waals surface area contributed by atoms with Gasteiger partial charge in [0.25, 0.3) is 0 Å². The van der Waals surface area contributed by atoms with Crippen LogP contribution < -0.4 is 4.90 Å². The van der Waals surface area contributed by atoms with Crippen LogP contribution in [0.4, 0.5) is 17.1 Å². The van der Waals surface area contributed by atoms with Gasteiger partial charge >= 0.3 is 0 Å². The number of nitrogens with zero attached hydrogens (tertiary/aromatic N) is 1. The quantitative estimate of drug-likeness (QED) is 0.183. The molecule has 0 amide bonds. The highest BCUT2D eigenvalue weighted by Crippen LogP contribution is 2.47. The summed E-state index contributed by atoms with van der Waals surface area (Å²) < 4.78 is 19.8. The second kappa shape index (κ2) is 11.2. The van der Waals surface area contributed by atoms with Gasteiger partial charge in [0, 0.05) is 43.6 Å². The number of hydrogen-bond acceptors (Lipinski definition) is 4. The zero-order valence-electron chi connectivity index (χ0n) is 27.9. The highest BCUT2D eigenvalue weighted by Gasteiger charge is 2.24. The highest BCUT2D eigenvalue weighted by molar-refractivity contribution is 6.15. The molecule has 0 saturated heterocycles. The molecule has 0 bridgehead atoms. The number of benzene rings is 8. The van der Waals surface area contributed by atoms with Gasteiger partial charge in [0.15, 0.2) is 11.2 Å². The van der Waals surface area contributed by atoms with E-state index in [1.807, 2.05) is 30.3 Å². The second-order valence-electron chi connectivity index (χ2n) is 13.2. The minimum Gasteiger partial charge on any atom is -0.456 e. The van der Waals surface area contributed by atoms with Gasteiger partial charge in [-0.05, 0) is 65.2 Å². The third-order valence-corrected chi connectivity index (χ3v) is 10.3. The Morgan fingerprint density at radius 1 is 0.308 bits per heavy atom. The van der Waals surface area contributed by atoms with E-state index in [9.17, 15) is 0 Å². The first kappa shape index (κ1) is 28.8. The van der Waals surface area contributed by atoms with Crippen molar-refractivity contribution in [1.29, 1.82) is 0 Å². The first-order valence-electron chi connectivity index (χ1n) is 17.5. The van der Waals surface area contributed by atoms with Crippen LogP contribution in [0.25, 0.3) is 88.1 Å². The van der Waals surface area contributed by atoms with Gasteiger partial charge in [-0.2, -0.15) is 0 Å². The van der Waals surface area contributed by atoms with Crippen molar-refractivity contribution in [3.63, 3.8) is 0 Å². The molecule has 0 aliphatic heterocycles. The first-order chi connectivity index (χ1) is 25.8. The minimum atomic E-state index is 0.813. The zero-order valence-corrected chi connectivity index (χ0v) is 27.9. The van der Waals surface area contributed by atoms with Crippen LogP contribution in [0, 0.1) is 0 Å². The predicted octanol–water partition coefficient (Wildman–Crippen LogP) is 14.2. The van der Waals surface area contributed by atoms with Crippen molar-refractivity contribution < 1.29 is 13.3 Å². The fourth-order valence-electron chi connectivity index (χ4n) is 7.85. The van der Waals surface area contributed by atoms with Gasteiger partial charge in [-0.1, -0.05) is 127 Å². The molecule has 0 radical (unpaired) electrons. The van der Waals surface area contributed by atoms with Gasteiger partial charge in [0.2, 0.25) is 0 Å². The Kier molecular flexibility index (Phi) is 6.22. The summed E-state index contributed by atoms with van der Waals surface area (Å²) in [6, 6.07) is 61.2. The number of fused-ring (bicyclic) bond motifs is 9. The van der Waals surface area contributed by atoms with Crippen LogP contribution in [0.3, 0.4) is 0 Å². The lowest BCUT2D eigenvalue weighted by Crippen LogP contribution is -2.10. The maximum Gasteiger partial charge on any atom is 0.159 e. The van der Waals surface area contributed by atoms with E-state index in [0.717, 1.165) is 105 Å². The van der Waals surface area contributed by atoms with E-state index in [1.165, 1.54) is 0 Å². The Labute approximate surface area is 298 Å². The van der Waals surface area contributed by atoms with Crippen LogP contribution in [0.15, 0.2) is 189 Å². The summed E-state index contributed by atoms with van der Waals surface area (Å²) in [5.41, 5.74) is 12.4. The summed E-state index contributed by atoms with van der Waals surface area (Å²) >= 11 is 0. The Morgan fingerprint density at radius 2 is 0.846 bits per heavy atom. The summed E-state index contributed by atoms with van der Waals surface area (Å²) in [6.45, 7) is 0. The van der Waals surface area contributed by atoms with E-state index in [0.29, 0.717) is 0 Å². The van der Waals surface area contributed by atoms with E-state index >= 15 is 0 Å². The molecule has 4 heteroatoms. The second-order valence-corrected chi connectivity index (χ2v) is 13.2. The van der Waals surface area contributed by atoms with Gasteiger partial charge < -0.3 is 18.2 Å². The Hall–Kier alpha value is -7.04. The molecule has 0 spiro atoms. The van der Waals surface area contributed by atoms with Crippen LogP contribution in [0.2, 0.25) is 0 Å². The fourth-order valence-corrected chi connectivity index (χ4v) is 7.85. The van der Waals surface area contributed by atoms with Gasteiger partial charge in [-0.15, -0.1) is 0 Å². The Balaban J connectivity index is 1.12. The number of furan rings is 3. The molecule has 0 atom stereocenters. The molecule has 52 heavy (non-hydrogen) atoms. The number of para-hydroxylation sites is 5. The van der Waals surface area contributed by atoms with Crippen molar-refractivity contribution >= 4 is 82.9 Å². The third kappa shape index (κ3) is 4.34. The summed E-state index contributed by atoms with van der Waals surface area (Å²) in [5, 5.41) is 6.54. The van der Waals surface area contributed by atoms with E-state index in [1.54, 1.807) is 0 Å². The molecule has 244 valence electrons. The Morgan fingerprint density at radius 3 is 1.60 bits per heavy atom. The molecular weight excluding hydrogens is 639 g/mol. The van der Waals surface area contributed by atoms with Crippen molar-refractivity contribution in [3.8, 4) is 22.3 Å². The molecule has 11 rings (SSSR count). The van der Waals surface area contributed by atoms with Crippen molar-refractivity contribution in [2.45, 2.75) is 0 Å². The van der Waals surface area contributed by atoms with E-state index in [2.05, 4.69) is 150 Å². The number of hydrogen-bond donors (Lipinski definition) is 0. The van der Waals surface area contributed by atoms with Gasteiger partial charge in [0.05, 0.1) is 11.4 Å². The van der Waals surface area contributed by atoms with Crippen LogP contribution >= 0.6 is 0 Å². The average Bonchev–Trinajstić information content (AvgIpc) is 3.90. The SMILES string of the molecule is c1ccc(-c2cccc3c2oc2c(N(c4ccc(-c5ccc6c(c5)oc5ccccc56)cc4)c4cccc5c4oc4ccccc45)cccc23)cc1. The van der Waals surface area contributed by atoms with Crippen LogP contribution in [-0.2, 0) is 0 Å². The maximum atomic E-state index is 6.94. The summed E-state index contributed by atoms with van der Waals surface area (Å²) in [7, 11) is 0. The smallest absolute Gasteiger partial charge is 0.159 e. The molecule has 11 aromatic rings. The molecule has 3 aromatic heterocycles. The van der Waals surface area contributed by atoms with Crippen LogP contribution in [0.5, 0.6) is 0 Å². The molecule has 0 saturated carbocycles. The summed E-state index contributed by atoms with van der Waals surface area (Å²) in [4.78, 5) is 2.27. The number of rotatable bonds is 5. The van der Waals surface area contributed by atoms with E-state index in [-0.39, 0.29) is 0 Å². The van der Waals surface area contributed by atoms with Crippen LogP contribution in [0.1, 0.15) is 0 Å². The largest absolute Gasteiger partial charge is 0.456 e. The van der Waals surface area contributed by atoms with Gasteiger partial charge in [-0.25, -0.2) is 0 Å². The third-order valence-electron chi connectivity index (χ3n) is 10.3. The van der Waals surface area contributed by atoms with E-state index < -0.39 is 0 Å². The molecule has 0 N–H and O–H groups in total. The summed E-state index contributed by atoms with van der Waals surface area (Å²) in [5.74, 6) is 0. The molecule has 8 aromatic carbocycles. The zero-order chi connectivity index (χ0) is 34.2. The van der Waals surface area contributed by atoms with Gasteiger partial charge in [0.1, 0.15) is 22.3 Å². The molecule has 0 unspecified atom stereocenters. The first-order valence-corrected chi connectivity index (χ1v) is 17.5. The molecule has 0 aliphatic carbocycles. The molecule has 4 nitrogen and oxygen atoms in total. The lowest BCUT2D eigenvalue weighted by atomic mass is 10.0. The normalized spacial score (nSPS) is 11.8. The molecule has 0 aliphatic rings. The van der Waals surface area contributed by atoms with Crippen molar-refractivity contribution in [3.05, 3.63) is 176 Å². The highest BCUT2D eigenvalue weighted by atomic mass is 16.3. The topological polar surface area (TPSA) is 42.7 Å². The van der Waals surface area contributed by atoms with Crippen molar-refractivity contribution in [2.75, 3.05) is 4.90 Å². The molecule has 0 fully saturated rings. The molecule has 3 heterocycles. The lowest BCUT2D eigenvalue weighted by Gasteiger charge is -2.25. The standard InChI is InChI=1S/C48H29NO3/c1-2-11-31(12-3-1)34-15-8-16-39-40-18-10-20-42(48(40)52-46(34)39)49(41-19-9-17-38-36-14-5-7-22-44(36)51-47(38)41)33-26-23-30(24-27-33)32-25-28-37-35-13-4-6-21-43(35)50-45(37)29-32/h1-29H. The summed E-state index contributed by atoms with van der Waals surface area (Å²) in [6.07, 6.45) is 0. The average molecular weight is 668 g/mol. The lowest BCUT2D eigenvalue weighted by molar-refractivity contribution is 0.666. The Bertz CT molecular complexity index is 3130.